The molecule has 0 aliphatic carbocycles. The van der Waals surface area contributed by atoms with Gasteiger partial charge in [0.2, 0.25) is 5.88 Å². The number of hydrogen-bond donors (Lipinski definition) is 3. The Hall–Kier alpha value is -4.98. The van der Waals surface area contributed by atoms with Crippen molar-refractivity contribution in [1.29, 1.82) is 0 Å². The van der Waals surface area contributed by atoms with Crippen LogP contribution in [0, 0.1) is 12.7 Å². The highest BCUT2D eigenvalue weighted by Gasteiger charge is 2.24. The van der Waals surface area contributed by atoms with Gasteiger partial charge in [-0.3, -0.25) is 14.7 Å². The van der Waals surface area contributed by atoms with E-state index in [9.17, 15) is 9.18 Å². The van der Waals surface area contributed by atoms with E-state index in [1.165, 1.54) is 23.4 Å². The number of piperazine rings is 1. The second kappa shape index (κ2) is 23.5. The number of aryl methyl sites for hydroxylation is 1. The number of anilines is 2. The molecule has 52 heavy (non-hydrogen) atoms. The van der Waals surface area contributed by atoms with E-state index in [0.29, 0.717) is 16.6 Å². The summed E-state index contributed by atoms with van der Waals surface area (Å²) in [5.74, 6) is -1.29. The number of nitrogens with zero attached hydrogens (tertiary/aromatic N) is 6. The first kappa shape index (κ1) is 45.0. The Kier molecular flexibility index (Phi) is 20.3. The first-order valence-corrected chi connectivity index (χ1v) is 17.3. The van der Waals surface area contributed by atoms with Gasteiger partial charge in [-0.05, 0) is 58.4 Å². The van der Waals surface area contributed by atoms with E-state index < -0.39 is 11.6 Å². The molecular formula is C39H57F2N9O2. The van der Waals surface area contributed by atoms with Crippen LogP contribution in [0.15, 0.2) is 80.1 Å². The van der Waals surface area contributed by atoms with Crippen molar-refractivity contribution in [2.75, 3.05) is 66.7 Å². The van der Waals surface area contributed by atoms with Crippen molar-refractivity contribution in [1.82, 2.24) is 40.0 Å². The smallest absolute Gasteiger partial charge is 0.262 e. The van der Waals surface area contributed by atoms with E-state index in [-0.39, 0.29) is 34.5 Å². The lowest BCUT2D eigenvalue weighted by atomic mass is 10.2. The number of halogens is 2. The number of pyridine rings is 1. The van der Waals surface area contributed by atoms with Gasteiger partial charge in [0, 0.05) is 69.0 Å². The third-order valence-electron chi connectivity index (χ3n) is 7.14. The third kappa shape index (κ3) is 13.6. The van der Waals surface area contributed by atoms with Crippen LogP contribution in [0.1, 0.15) is 49.4 Å². The number of carbonyl (C=O) groups excluding carboxylic acids is 1. The fourth-order valence-electron chi connectivity index (χ4n) is 4.50. The molecule has 0 radical (unpaired) electrons. The summed E-state index contributed by atoms with van der Waals surface area (Å²) in [7, 11) is 9.12. The van der Waals surface area contributed by atoms with Gasteiger partial charge in [-0.25, -0.2) is 18.7 Å². The van der Waals surface area contributed by atoms with Crippen molar-refractivity contribution in [3.63, 3.8) is 0 Å². The molecular weight excluding hydrogens is 664 g/mol. The molecule has 11 nitrogen and oxygen atoms in total. The van der Waals surface area contributed by atoms with Crippen molar-refractivity contribution in [3.05, 3.63) is 103 Å². The van der Waals surface area contributed by atoms with Gasteiger partial charge in [0.05, 0.1) is 17.6 Å². The quantitative estimate of drug-likeness (QED) is 0.149. The SMILES string of the molecule is C=CC(=C)C(=C)F.CC.CC.CNC.Cc1cc2c(F)c(Oc3ncnc(Nc4ccc(CN5CCN(C)CC5)nc4)c3C(=O)N(C)C)ccc2[nH]1. The van der Waals surface area contributed by atoms with Gasteiger partial charge in [-0.15, -0.1) is 0 Å². The van der Waals surface area contributed by atoms with E-state index in [2.05, 4.69) is 67.2 Å². The molecule has 0 saturated carbocycles. The molecule has 1 fully saturated rings. The standard InChI is InChI=1S/C27H31FN8O2.C6H7F.C2H7N.2C2H6/c1-17-13-20-21(32-17)7-8-22(24(20)28)38-26-23(27(37)34(2)3)25(30-16-31-26)33-18-5-6-19(29-14-18)15-36-11-9-35(4)10-12-36;1-4-5(2)6(3)7;1-3-2;2*1-2/h5-8,13-14,16,32H,9-12,15H2,1-4H3,(H,30,31,33);4H,1-3H2;3H,1-2H3;2*1-2H3. The molecule has 4 heterocycles. The lowest BCUT2D eigenvalue weighted by Crippen LogP contribution is -2.43. The highest BCUT2D eigenvalue weighted by atomic mass is 19.1. The average molecular weight is 722 g/mol. The number of allylic oxidation sites excluding steroid dienone is 3. The first-order valence-electron chi connectivity index (χ1n) is 17.3. The Labute approximate surface area is 308 Å². The average Bonchev–Trinajstić information content (AvgIpc) is 3.54. The maximum atomic E-state index is 15.2. The van der Waals surface area contributed by atoms with Crippen molar-refractivity contribution in [3.8, 4) is 11.6 Å². The van der Waals surface area contributed by atoms with E-state index in [4.69, 9.17) is 4.74 Å². The highest BCUT2D eigenvalue weighted by Crippen LogP contribution is 2.33. The van der Waals surface area contributed by atoms with E-state index in [1.54, 1.807) is 32.4 Å². The molecule has 1 saturated heterocycles. The minimum Gasteiger partial charge on any atom is -0.435 e. The Morgan fingerprint density at radius 2 is 1.67 bits per heavy atom. The maximum absolute atomic E-state index is 15.2. The van der Waals surface area contributed by atoms with Gasteiger partial charge in [-0.1, -0.05) is 53.5 Å². The lowest BCUT2D eigenvalue weighted by Gasteiger charge is -2.32. The lowest BCUT2D eigenvalue weighted by molar-refractivity contribution is 0.0824. The van der Waals surface area contributed by atoms with Gasteiger partial charge in [0.15, 0.2) is 17.4 Å². The number of nitrogens with one attached hydrogen (secondary N) is 3. The largest absolute Gasteiger partial charge is 0.435 e. The zero-order valence-electron chi connectivity index (χ0n) is 32.5. The predicted molar refractivity (Wildman–Crippen MR) is 211 cm³/mol. The zero-order valence-corrected chi connectivity index (χ0v) is 32.5. The Morgan fingerprint density at radius 3 is 2.19 bits per heavy atom. The summed E-state index contributed by atoms with van der Waals surface area (Å²) in [6.07, 6.45) is 4.30. The van der Waals surface area contributed by atoms with E-state index in [1.807, 2.05) is 60.8 Å². The summed E-state index contributed by atoms with van der Waals surface area (Å²) in [6.45, 7) is 24.3. The van der Waals surface area contributed by atoms with Crippen LogP contribution in [0.4, 0.5) is 20.3 Å². The van der Waals surface area contributed by atoms with Crippen LogP contribution in [0.3, 0.4) is 0 Å². The summed E-state index contributed by atoms with van der Waals surface area (Å²) in [6, 6.07) is 8.79. The van der Waals surface area contributed by atoms with Gasteiger partial charge in [-0.2, -0.15) is 0 Å². The second-order valence-electron chi connectivity index (χ2n) is 11.4. The normalized spacial score (nSPS) is 12.2. The number of carbonyl (C=O) groups is 1. The number of amides is 1. The Morgan fingerprint density at radius 1 is 1.04 bits per heavy atom. The molecule has 0 atom stereocenters. The molecule has 0 spiro atoms. The number of benzene rings is 1. The summed E-state index contributed by atoms with van der Waals surface area (Å²) in [4.78, 5) is 35.4. The molecule has 13 heteroatoms. The number of H-pyrrole nitrogens is 1. The number of likely N-dealkylation sites (N-methyl/N-ethyl adjacent to an activating group) is 1. The van der Waals surface area contributed by atoms with Gasteiger partial charge in [0.25, 0.3) is 5.91 Å². The minimum atomic E-state index is -0.539. The summed E-state index contributed by atoms with van der Waals surface area (Å²) < 4.78 is 32.8. The molecule has 0 bridgehead atoms. The molecule has 1 aromatic carbocycles. The van der Waals surface area contributed by atoms with Crippen molar-refractivity contribution in [2.45, 2.75) is 41.2 Å². The third-order valence-corrected chi connectivity index (χ3v) is 7.14. The monoisotopic (exact) mass is 721 g/mol. The second-order valence-corrected chi connectivity index (χ2v) is 11.4. The van der Waals surface area contributed by atoms with Crippen LogP contribution in [0.5, 0.6) is 11.6 Å². The minimum absolute atomic E-state index is 0.0381. The maximum Gasteiger partial charge on any atom is 0.262 e. The molecule has 1 amide bonds. The van der Waals surface area contributed by atoms with Crippen molar-refractivity contribution >= 4 is 28.3 Å². The van der Waals surface area contributed by atoms with Crippen molar-refractivity contribution in [2.24, 2.45) is 0 Å². The summed E-state index contributed by atoms with van der Waals surface area (Å²) >= 11 is 0. The molecule has 1 aliphatic heterocycles. The number of rotatable bonds is 9. The summed E-state index contributed by atoms with van der Waals surface area (Å²) in [5, 5.41) is 6.31. The molecule has 4 aromatic rings. The zero-order chi connectivity index (χ0) is 39.4. The molecule has 3 aromatic heterocycles. The number of hydrogen-bond acceptors (Lipinski definition) is 9. The molecule has 3 N–H and O–H groups in total. The van der Waals surface area contributed by atoms with E-state index in [0.717, 1.165) is 44.1 Å². The summed E-state index contributed by atoms with van der Waals surface area (Å²) in [5.41, 5.74) is 3.44. The number of aromatic nitrogens is 4. The van der Waals surface area contributed by atoms with E-state index >= 15 is 4.39 Å². The Bertz CT molecular complexity index is 1720. The van der Waals surface area contributed by atoms with Gasteiger partial charge >= 0.3 is 0 Å². The van der Waals surface area contributed by atoms with Gasteiger partial charge in [0.1, 0.15) is 17.7 Å². The highest BCUT2D eigenvalue weighted by molar-refractivity contribution is 6.01. The van der Waals surface area contributed by atoms with Crippen LogP contribution >= 0.6 is 0 Å². The topological polar surface area (TPSA) is 115 Å². The molecule has 0 unspecified atom stereocenters. The van der Waals surface area contributed by atoms with Crippen LogP contribution < -0.4 is 15.4 Å². The van der Waals surface area contributed by atoms with Crippen LogP contribution in [-0.2, 0) is 6.54 Å². The number of ether oxygens (including phenoxy) is 1. The fourth-order valence-corrected chi connectivity index (χ4v) is 4.50. The predicted octanol–water partition coefficient (Wildman–Crippen LogP) is 7.89. The molecule has 284 valence electrons. The van der Waals surface area contributed by atoms with Crippen LogP contribution in [0.25, 0.3) is 10.9 Å². The molecule has 5 rings (SSSR count). The van der Waals surface area contributed by atoms with Crippen LogP contribution in [-0.4, -0.2) is 102 Å². The number of aromatic amines is 1. The van der Waals surface area contributed by atoms with Crippen molar-refractivity contribution < 1.29 is 18.3 Å². The van der Waals surface area contributed by atoms with Crippen LogP contribution in [0.2, 0.25) is 0 Å². The first-order chi connectivity index (χ1) is 24.9. The Balaban J connectivity index is 0.000000836. The van der Waals surface area contributed by atoms with Gasteiger partial charge < -0.3 is 30.2 Å². The number of fused-ring (bicyclic) bond motifs is 1. The molecule has 1 aliphatic rings. The fraction of sp³-hybridized carbons (Fsp3) is 0.385.